The lowest BCUT2D eigenvalue weighted by molar-refractivity contribution is -0.115. The minimum Gasteiger partial charge on any atom is -0.402 e. The van der Waals surface area contributed by atoms with Crippen molar-refractivity contribution in [3.8, 4) is 10.8 Å². The molecule has 1 N–H and O–H groups in total. The van der Waals surface area contributed by atoms with Crippen LogP contribution in [0.2, 0.25) is 0 Å². The number of thiazole rings is 1. The van der Waals surface area contributed by atoms with Gasteiger partial charge in [0.2, 0.25) is 5.91 Å². The molecule has 3 rings (SSSR count). The van der Waals surface area contributed by atoms with Crippen molar-refractivity contribution >= 4 is 23.3 Å². The fraction of sp³-hybridized carbons (Fsp3) is 0.250. The molecule has 7 heteroatoms. The molecular weight excluding hydrogens is 312 g/mol. The summed E-state index contributed by atoms with van der Waals surface area (Å²) >= 11 is 1.48. The van der Waals surface area contributed by atoms with Gasteiger partial charge in [-0.25, -0.2) is 4.98 Å². The molecule has 2 heterocycles. The molecule has 3 aromatic rings. The molecule has 118 valence electrons. The number of anilines is 1. The quantitative estimate of drug-likeness (QED) is 0.795. The van der Waals surface area contributed by atoms with Crippen molar-refractivity contribution in [2.75, 3.05) is 5.32 Å². The summed E-state index contributed by atoms with van der Waals surface area (Å²) in [7, 11) is 0. The molecule has 0 aliphatic heterocycles. The Morgan fingerprint density at radius 2 is 2.09 bits per heavy atom. The lowest BCUT2D eigenvalue weighted by Gasteiger charge is -2.02. The molecule has 0 aliphatic carbocycles. The van der Waals surface area contributed by atoms with Crippen LogP contribution < -0.4 is 5.32 Å². The first-order chi connectivity index (χ1) is 11.0. The van der Waals surface area contributed by atoms with Crippen molar-refractivity contribution in [2.24, 2.45) is 0 Å². The predicted octanol–water partition coefficient (Wildman–Crippen LogP) is 3.30. The largest absolute Gasteiger partial charge is 0.402 e. The fourth-order valence-corrected chi connectivity index (χ4v) is 3.11. The van der Waals surface area contributed by atoms with E-state index in [1.165, 1.54) is 11.3 Å². The Labute approximate surface area is 137 Å². The number of aryl methyl sites for hydroxylation is 3. The third-order valence-corrected chi connectivity index (χ3v) is 4.28. The Bertz CT molecular complexity index is 853. The molecule has 1 aromatic carbocycles. The van der Waals surface area contributed by atoms with E-state index in [-0.39, 0.29) is 18.3 Å². The van der Waals surface area contributed by atoms with Crippen LogP contribution >= 0.6 is 11.3 Å². The summed E-state index contributed by atoms with van der Waals surface area (Å²) < 4.78 is 5.51. The van der Waals surface area contributed by atoms with Crippen molar-refractivity contribution in [3.05, 3.63) is 46.1 Å². The number of benzene rings is 1. The highest BCUT2D eigenvalue weighted by Crippen LogP contribution is 2.29. The minimum atomic E-state index is -0.192. The lowest BCUT2D eigenvalue weighted by Crippen LogP contribution is -2.14. The van der Waals surface area contributed by atoms with Gasteiger partial charge in [-0.1, -0.05) is 34.9 Å². The minimum absolute atomic E-state index is 0.100. The van der Waals surface area contributed by atoms with E-state index in [4.69, 9.17) is 4.42 Å². The normalized spacial score (nSPS) is 10.7. The molecule has 0 unspecified atom stereocenters. The van der Waals surface area contributed by atoms with Crippen LogP contribution in [0.15, 0.2) is 28.7 Å². The Morgan fingerprint density at radius 1 is 1.26 bits per heavy atom. The number of amides is 1. The van der Waals surface area contributed by atoms with E-state index < -0.39 is 0 Å². The van der Waals surface area contributed by atoms with E-state index in [0.29, 0.717) is 5.89 Å². The number of nitrogens with one attached hydrogen (secondary N) is 1. The van der Waals surface area contributed by atoms with Crippen molar-refractivity contribution in [2.45, 2.75) is 27.2 Å². The standard InChI is InChI=1S/C16H16N4O2S/c1-9-5-4-6-12(7-9)8-13(21)18-16-20-19-15(22-16)14-10(2)17-11(3)23-14/h4-7H,8H2,1-3H3,(H,18,20,21). The van der Waals surface area contributed by atoms with Gasteiger partial charge in [0, 0.05) is 0 Å². The number of hydrogen-bond donors (Lipinski definition) is 1. The van der Waals surface area contributed by atoms with Crippen LogP contribution in [0.5, 0.6) is 0 Å². The summed E-state index contributed by atoms with van der Waals surface area (Å²) in [6, 6.07) is 7.91. The number of nitrogens with zero attached hydrogens (tertiary/aromatic N) is 3. The molecule has 23 heavy (non-hydrogen) atoms. The molecule has 0 radical (unpaired) electrons. The topological polar surface area (TPSA) is 80.9 Å². The van der Waals surface area contributed by atoms with Crippen LogP contribution in [0.25, 0.3) is 10.8 Å². The lowest BCUT2D eigenvalue weighted by atomic mass is 10.1. The van der Waals surface area contributed by atoms with Gasteiger partial charge in [0.15, 0.2) is 0 Å². The van der Waals surface area contributed by atoms with Crippen LogP contribution in [-0.4, -0.2) is 21.1 Å². The summed E-state index contributed by atoms with van der Waals surface area (Å²) in [4.78, 5) is 17.2. The molecule has 0 bridgehead atoms. The second-order valence-electron chi connectivity index (χ2n) is 5.27. The van der Waals surface area contributed by atoms with Crippen LogP contribution in [0.3, 0.4) is 0 Å². The maximum atomic E-state index is 12.1. The van der Waals surface area contributed by atoms with Gasteiger partial charge in [0.05, 0.1) is 17.1 Å². The molecule has 0 saturated carbocycles. The average Bonchev–Trinajstić information content (AvgIpc) is 3.05. The van der Waals surface area contributed by atoms with Gasteiger partial charge in [0.25, 0.3) is 5.89 Å². The maximum Gasteiger partial charge on any atom is 0.322 e. The smallest absolute Gasteiger partial charge is 0.322 e. The maximum absolute atomic E-state index is 12.1. The number of rotatable bonds is 4. The Balaban J connectivity index is 1.69. The van der Waals surface area contributed by atoms with Crippen molar-refractivity contribution in [1.82, 2.24) is 15.2 Å². The summed E-state index contributed by atoms with van der Waals surface area (Å²) in [6.07, 6.45) is 0.262. The molecule has 0 atom stereocenters. The first-order valence-electron chi connectivity index (χ1n) is 7.14. The number of carbonyl (C=O) groups is 1. The van der Waals surface area contributed by atoms with Gasteiger partial charge >= 0.3 is 6.01 Å². The first-order valence-corrected chi connectivity index (χ1v) is 7.96. The fourth-order valence-electron chi connectivity index (χ4n) is 2.27. The number of aromatic nitrogens is 3. The Morgan fingerprint density at radius 3 is 2.78 bits per heavy atom. The highest BCUT2D eigenvalue weighted by atomic mass is 32.1. The molecule has 1 amide bonds. The average molecular weight is 328 g/mol. The van der Waals surface area contributed by atoms with Gasteiger partial charge in [0.1, 0.15) is 4.88 Å². The molecule has 0 saturated heterocycles. The second-order valence-corrected chi connectivity index (χ2v) is 6.48. The highest BCUT2D eigenvalue weighted by molar-refractivity contribution is 7.15. The van der Waals surface area contributed by atoms with Gasteiger partial charge in [-0.2, -0.15) is 0 Å². The molecule has 6 nitrogen and oxygen atoms in total. The van der Waals surface area contributed by atoms with Gasteiger partial charge in [-0.05, 0) is 26.3 Å². The van der Waals surface area contributed by atoms with Gasteiger partial charge in [-0.15, -0.1) is 16.4 Å². The van der Waals surface area contributed by atoms with Crippen LogP contribution in [-0.2, 0) is 11.2 Å². The van der Waals surface area contributed by atoms with Gasteiger partial charge in [-0.3, -0.25) is 10.1 Å². The molecule has 0 fully saturated rings. The van der Waals surface area contributed by atoms with E-state index >= 15 is 0 Å². The van der Waals surface area contributed by atoms with Crippen molar-refractivity contribution < 1.29 is 9.21 Å². The SMILES string of the molecule is Cc1cccc(CC(=O)Nc2nnc(-c3sc(C)nc3C)o2)c1. The van der Waals surface area contributed by atoms with Crippen molar-refractivity contribution in [3.63, 3.8) is 0 Å². The molecule has 2 aromatic heterocycles. The van der Waals surface area contributed by atoms with E-state index in [1.807, 2.05) is 45.0 Å². The third-order valence-electron chi connectivity index (χ3n) is 3.22. The van der Waals surface area contributed by atoms with Gasteiger partial charge < -0.3 is 4.42 Å². The summed E-state index contributed by atoms with van der Waals surface area (Å²) in [6.45, 7) is 5.80. The second kappa shape index (κ2) is 6.29. The van der Waals surface area contributed by atoms with Crippen LogP contribution in [0.1, 0.15) is 21.8 Å². The summed E-state index contributed by atoms with van der Waals surface area (Å²) in [5.41, 5.74) is 2.90. The van der Waals surface area contributed by atoms with Crippen LogP contribution in [0.4, 0.5) is 6.01 Å². The Hall–Kier alpha value is -2.54. The predicted molar refractivity (Wildman–Crippen MR) is 88.4 cm³/mol. The summed E-state index contributed by atoms with van der Waals surface area (Å²) in [5.74, 6) is 0.182. The molecule has 0 aliphatic rings. The highest BCUT2D eigenvalue weighted by Gasteiger charge is 2.16. The zero-order valence-electron chi connectivity index (χ0n) is 13.1. The molecular formula is C16H16N4O2S. The van der Waals surface area contributed by atoms with Crippen molar-refractivity contribution in [1.29, 1.82) is 0 Å². The zero-order chi connectivity index (χ0) is 16.4. The number of hydrogen-bond acceptors (Lipinski definition) is 6. The summed E-state index contributed by atoms with van der Waals surface area (Å²) in [5, 5.41) is 11.4. The number of carbonyl (C=O) groups excluding carboxylic acids is 1. The first kappa shape index (κ1) is 15.4. The Kier molecular flexibility index (Phi) is 4.20. The zero-order valence-corrected chi connectivity index (χ0v) is 13.9. The van der Waals surface area contributed by atoms with Crippen LogP contribution in [0, 0.1) is 20.8 Å². The monoisotopic (exact) mass is 328 g/mol. The van der Waals surface area contributed by atoms with E-state index in [9.17, 15) is 4.79 Å². The van der Waals surface area contributed by atoms with E-state index in [0.717, 1.165) is 26.7 Å². The van der Waals surface area contributed by atoms with E-state index in [2.05, 4.69) is 20.5 Å². The third kappa shape index (κ3) is 3.62. The molecule has 0 spiro atoms. The van der Waals surface area contributed by atoms with E-state index in [1.54, 1.807) is 0 Å².